The molecule has 0 amide bonds. The van der Waals surface area contributed by atoms with E-state index in [0.29, 0.717) is 11.3 Å². The van der Waals surface area contributed by atoms with Crippen LogP contribution in [0.25, 0.3) is 0 Å². The van der Waals surface area contributed by atoms with E-state index in [1.54, 1.807) is 6.92 Å². The third-order valence-corrected chi connectivity index (χ3v) is 4.69. The van der Waals surface area contributed by atoms with Crippen molar-refractivity contribution in [1.29, 1.82) is 0 Å². The molecule has 1 aromatic rings. The van der Waals surface area contributed by atoms with Gasteiger partial charge in [0, 0.05) is 35.3 Å². The summed E-state index contributed by atoms with van der Waals surface area (Å²) in [6.07, 6.45) is 4.60. The lowest BCUT2D eigenvalue weighted by atomic mass is 10.1. The van der Waals surface area contributed by atoms with Gasteiger partial charge in [-0.25, -0.2) is 0 Å². The summed E-state index contributed by atoms with van der Waals surface area (Å²) >= 11 is 1.95. The molecule has 0 spiro atoms. The molecular formula is C14H20N2OS. The highest BCUT2D eigenvalue weighted by Crippen LogP contribution is 2.27. The smallest absolute Gasteiger partial charge is 0.161 e. The van der Waals surface area contributed by atoms with Crippen LogP contribution in [-0.4, -0.2) is 30.4 Å². The Balaban J connectivity index is 2.15. The molecule has 0 unspecified atom stereocenters. The molecule has 1 fully saturated rings. The Hall–Kier alpha value is -1.16. The normalized spacial score (nSPS) is 16.9. The number of anilines is 2. The topological polar surface area (TPSA) is 46.3 Å². The second kappa shape index (κ2) is 5.65. The number of carbonyl (C=O) groups is 1. The van der Waals surface area contributed by atoms with E-state index in [2.05, 4.69) is 11.2 Å². The Labute approximate surface area is 113 Å². The second-order valence-corrected chi connectivity index (χ2v) is 5.89. The molecule has 0 aromatic heterocycles. The molecule has 1 aliphatic heterocycles. The fourth-order valence-electron chi connectivity index (χ4n) is 2.40. The fourth-order valence-corrected chi connectivity index (χ4v) is 3.08. The van der Waals surface area contributed by atoms with E-state index in [1.165, 1.54) is 12.8 Å². The molecule has 98 valence electrons. The van der Waals surface area contributed by atoms with Gasteiger partial charge in [-0.1, -0.05) is 0 Å². The van der Waals surface area contributed by atoms with E-state index in [9.17, 15) is 4.79 Å². The number of benzene rings is 1. The molecule has 2 rings (SSSR count). The highest BCUT2D eigenvalue weighted by molar-refractivity contribution is 7.99. The lowest BCUT2D eigenvalue weighted by molar-refractivity contribution is 0.101. The van der Waals surface area contributed by atoms with Crippen LogP contribution in [0, 0.1) is 0 Å². The van der Waals surface area contributed by atoms with E-state index < -0.39 is 0 Å². The minimum atomic E-state index is 0.0355. The van der Waals surface area contributed by atoms with Gasteiger partial charge in [-0.05, 0) is 44.2 Å². The molecule has 1 aliphatic rings. The molecule has 2 N–H and O–H groups in total. The van der Waals surface area contributed by atoms with E-state index >= 15 is 0 Å². The quantitative estimate of drug-likeness (QED) is 0.673. The molecule has 0 bridgehead atoms. The van der Waals surface area contributed by atoms with Gasteiger partial charge in [-0.15, -0.1) is 0 Å². The van der Waals surface area contributed by atoms with Crippen molar-refractivity contribution in [1.82, 2.24) is 0 Å². The number of carbonyl (C=O) groups excluding carboxylic acids is 1. The Morgan fingerprint density at radius 3 is 2.61 bits per heavy atom. The molecule has 1 saturated heterocycles. The Morgan fingerprint density at radius 1 is 1.39 bits per heavy atom. The molecule has 4 heteroatoms. The predicted molar refractivity (Wildman–Crippen MR) is 79.6 cm³/mol. The molecule has 1 aromatic carbocycles. The third-order valence-electron chi connectivity index (χ3n) is 3.56. The van der Waals surface area contributed by atoms with Gasteiger partial charge in [0.05, 0.1) is 0 Å². The number of hydrogen-bond donors (Lipinski definition) is 1. The number of hydrogen-bond acceptors (Lipinski definition) is 4. The van der Waals surface area contributed by atoms with Gasteiger partial charge < -0.3 is 10.6 Å². The first-order valence-corrected chi connectivity index (χ1v) is 7.59. The summed E-state index contributed by atoms with van der Waals surface area (Å²) in [6.45, 7) is 3.69. The fraction of sp³-hybridized carbons (Fsp3) is 0.500. The summed E-state index contributed by atoms with van der Waals surface area (Å²) in [5, 5.41) is 0.780. The van der Waals surface area contributed by atoms with Crippen LogP contribution in [0.2, 0.25) is 0 Å². The van der Waals surface area contributed by atoms with Crippen LogP contribution in [0.4, 0.5) is 11.4 Å². The van der Waals surface area contributed by atoms with E-state index in [0.717, 1.165) is 24.0 Å². The molecule has 1 heterocycles. The summed E-state index contributed by atoms with van der Waals surface area (Å²) in [7, 11) is 0. The van der Waals surface area contributed by atoms with Crippen LogP contribution in [0.5, 0.6) is 0 Å². The van der Waals surface area contributed by atoms with Crippen molar-refractivity contribution < 1.29 is 4.79 Å². The molecule has 18 heavy (non-hydrogen) atoms. The van der Waals surface area contributed by atoms with Crippen LogP contribution in [-0.2, 0) is 0 Å². The molecule has 0 saturated carbocycles. The highest BCUT2D eigenvalue weighted by atomic mass is 32.2. The lowest BCUT2D eigenvalue weighted by Crippen LogP contribution is -2.34. The lowest BCUT2D eigenvalue weighted by Gasteiger charge is -2.33. The van der Waals surface area contributed by atoms with Crippen molar-refractivity contribution in [2.24, 2.45) is 0 Å². The van der Waals surface area contributed by atoms with Crippen LogP contribution in [0.1, 0.15) is 30.1 Å². The van der Waals surface area contributed by atoms with Gasteiger partial charge in [0.25, 0.3) is 0 Å². The maximum atomic E-state index is 11.5. The average molecular weight is 264 g/mol. The summed E-state index contributed by atoms with van der Waals surface area (Å²) < 4.78 is 0. The predicted octanol–water partition coefficient (Wildman–Crippen LogP) is 2.80. The van der Waals surface area contributed by atoms with Crippen LogP contribution in [0.3, 0.4) is 0 Å². The molecular weight excluding hydrogens is 244 g/mol. The third kappa shape index (κ3) is 2.80. The maximum Gasteiger partial charge on any atom is 0.161 e. The second-order valence-electron chi connectivity index (χ2n) is 4.75. The Morgan fingerprint density at radius 2 is 2.06 bits per heavy atom. The average Bonchev–Trinajstić information content (AvgIpc) is 2.39. The summed E-state index contributed by atoms with van der Waals surface area (Å²) in [6, 6.07) is 5.78. The maximum absolute atomic E-state index is 11.5. The number of rotatable bonds is 3. The first kappa shape index (κ1) is 13.3. The number of nitrogens with two attached hydrogens (primary N) is 1. The minimum Gasteiger partial charge on any atom is -0.398 e. The number of piperidine rings is 1. The van der Waals surface area contributed by atoms with Crippen LogP contribution < -0.4 is 10.6 Å². The van der Waals surface area contributed by atoms with Gasteiger partial charge in [0.1, 0.15) is 0 Å². The van der Waals surface area contributed by atoms with Crippen molar-refractivity contribution in [3.63, 3.8) is 0 Å². The van der Waals surface area contributed by atoms with E-state index in [1.807, 2.05) is 30.0 Å². The van der Waals surface area contributed by atoms with Crippen molar-refractivity contribution in [3.8, 4) is 0 Å². The van der Waals surface area contributed by atoms with Crippen molar-refractivity contribution in [2.75, 3.05) is 30.0 Å². The first-order chi connectivity index (χ1) is 8.61. The van der Waals surface area contributed by atoms with Crippen LogP contribution in [0.15, 0.2) is 18.2 Å². The minimum absolute atomic E-state index is 0.0355. The molecule has 3 nitrogen and oxygen atoms in total. The van der Waals surface area contributed by atoms with Crippen LogP contribution >= 0.6 is 11.8 Å². The number of thioether (sulfide) groups is 1. The SMILES string of the molecule is CSC1CCN(c2ccc(N)c(C(C)=O)c2)CC1. The Kier molecular flexibility index (Phi) is 4.17. The zero-order valence-corrected chi connectivity index (χ0v) is 11.8. The molecule has 0 aliphatic carbocycles. The van der Waals surface area contributed by atoms with Crippen molar-refractivity contribution in [3.05, 3.63) is 23.8 Å². The number of nitrogens with zero attached hydrogens (tertiary/aromatic N) is 1. The highest BCUT2D eigenvalue weighted by Gasteiger charge is 2.19. The summed E-state index contributed by atoms with van der Waals surface area (Å²) in [4.78, 5) is 13.8. The standard InChI is InChI=1S/C14H20N2OS/c1-10(17)13-9-11(3-4-14(13)15)16-7-5-12(18-2)6-8-16/h3-4,9,12H,5-8,15H2,1-2H3. The van der Waals surface area contributed by atoms with Gasteiger partial charge in [-0.3, -0.25) is 4.79 Å². The zero-order chi connectivity index (χ0) is 13.1. The summed E-state index contributed by atoms with van der Waals surface area (Å²) in [5.74, 6) is 0.0355. The number of nitrogen functional groups attached to an aromatic ring is 1. The number of Topliss-reactive ketones (excluding diaryl/α,β-unsaturated/α-hetero) is 1. The number of ketones is 1. The Bertz CT molecular complexity index is 439. The van der Waals surface area contributed by atoms with Gasteiger partial charge >= 0.3 is 0 Å². The molecule has 0 radical (unpaired) electrons. The van der Waals surface area contributed by atoms with Crippen molar-refractivity contribution in [2.45, 2.75) is 25.0 Å². The van der Waals surface area contributed by atoms with Crippen molar-refractivity contribution >= 4 is 28.9 Å². The first-order valence-electron chi connectivity index (χ1n) is 6.30. The zero-order valence-electron chi connectivity index (χ0n) is 11.0. The van der Waals surface area contributed by atoms with Gasteiger partial charge in [-0.2, -0.15) is 11.8 Å². The monoisotopic (exact) mass is 264 g/mol. The van der Waals surface area contributed by atoms with E-state index in [4.69, 9.17) is 5.73 Å². The van der Waals surface area contributed by atoms with E-state index in [-0.39, 0.29) is 5.78 Å². The largest absolute Gasteiger partial charge is 0.398 e. The summed E-state index contributed by atoms with van der Waals surface area (Å²) in [5.41, 5.74) is 8.15. The molecule has 0 atom stereocenters. The van der Waals surface area contributed by atoms with Gasteiger partial charge in [0.2, 0.25) is 0 Å². The van der Waals surface area contributed by atoms with Gasteiger partial charge in [0.15, 0.2) is 5.78 Å².